The van der Waals surface area contributed by atoms with Crippen LogP contribution in [0.2, 0.25) is 5.02 Å². The second-order valence-electron chi connectivity index (χ2n) is 6.57. The monoisotopic (exact) mass is 438 g/mol. The number of benzene rings is 2. The van der Waals surface area contributed by atoms with Crippen molar-refractivity contribution in [3.8, 4) is 0 Å². The topological polar surface area (TPSA) is 73.0 Å². The Hall–Kier alpha value is -3.03. The van der Waals surface area contributed by atoms with Gasteiger partial charge in [-0.2, -0.15) is 0 Å². The molecule has 4 aromatic rings. The van der Waals surface area contributed by atoms with E-state index in [4.69, 9.17) is 16.0 Å². The van der Waals surface area contributed by atoms with E-state index in [-0.39, 0.29) is 17.7 Å². The van der Waals surface area contributed by atoms with Gasteiger partial charge < -0.3 is 14.3 Å². The number of carbonyl (C=O) groups is 1. The zero-order chi connectivity index (χ0) is 20.8. The molecule has 0 aliphatic rings. The Morgan fingerprint density at radius 2 is 1.83 bits per heavy atom. The van der Waals surface area contributed by atoms with E-state index in [0.717, 1.165) is 16.9 Å². The van der Waals surface area contributed by atoms with E-state index in [9.17, 15) is 4.79 Å². The maximum Gasteiger partial charge on any atom is 0.231 e. The van der Waals surface area contributed by atoms with E-state index in [1.54, 1.807) is 12.6 Å². The van der Waals surface area contributed by atoms with Crippen molar-refractivity contribution in [2.75, 3.05) is 5.75 Å². The van der Waals surface area contributed by atoms with E-state index >= 15 is 0 Å². The molecule has 0 fully saturated rings. The summed E-state index contributed by atoms with van der Waals surface area (Å²) in [4.78, 5) is 12.8. The fourth-order valence-electron chi connectivity index (χ4n) is 3.03. The van der Waals surface area contributed by atoms with Gasteiger partial charge in [0.25, 0.3) is 0 Å². The van der Waals surface area contributed by atoms with Crippen molar-refractivity contribution in [3.63, 3.8) is 0 Å². The van der Waals surface area contributed by atoms with Gasteiger partial charge in [0.15, 0.2) is 5.16 Å². The molecule has 30 heavy (non-hydrogen) atoms. The van der Waals surface area contributed by atoms with Crippen LogP contribution >= 0.6 is 23.4 Å². The second-order valence-corrected chi connectivity index (χ2v) is 7.95. The molecule has 0 bridgehead atoms. The number of furan rings is 1. The van der Waals surface area contributed by atoms with Crippen molar-refractivity contribution in [2.45, 2.75) is 17.7 Å². The number of nitrogens with one attached hydrogen (secondary N) is 1. The van der Waals surface area contributed by atoms with Crippen LogP contribution in [0.15, 0.2) is 88.9 Å². The maximum absolute atomic E-state index is 12.8. The Morgan fingerprint density at radius 3 is 2.57 bits per heavy atom. The fourth-order valence-corrected chi connectivity index (χ4v) is 3.88. The highest BCUT2D eigenvalue weighted by Crippen LogP contribution is 2.24. The lowest BCUT2D eigenvalue weighted by Gasteiger charge is -2.20. The van der Waals surface area contributed by atoms with E-state index in [2.05, 4.69) is 15.5 Å². The fraction of sp³-hybridized carbons (Fsp3) is 0.136. The van der Waals surface area contributed by atoms with Crippen LogP contribution in [0.25, 0.3) is 0 Å². The normalized spacial score (nSPS) is 11.9. The van der Waals surface area contributed by atoms with Crippen molar-refractivity contribution in [2.24, 2.45) is 0 Å². The number of rotatable bonds is 8. The number of thioether (sulfide) groups is 1. The largest absolute Gasteiger partial charge is 0.467 e. The van der Waals surface area contributed by atoms with E-state index in [1.165, 1.54) is 11.8 Å². The molecule has 152 valence electrons. The lowest BCUT2D eigenvalue weighted by atomic mass is 9.99. The molecule has 2 aromatic heterocycles. The van der Waals surface area contributed by atoms with Gasteiger partial charge in [-0.05, 0) is 35.4 Å². The lowest BCUT2D eigenvalue weighted by molar-refractivity contribution is -0.119. The van der Waals surface area contributed by atoms with Gasteiger partial charge >= 0.3 is 0 Å². The van der Waals surface area contributed by atoms with Crippen LogP contribution in [0.1, 0.15) is 22.9 Å². The molecule has 2 heterocycles. The summed E-state index contributed by atoms with van der Waals surface area (Å²) in [6.45, 7) is 0.515. The minimum Gasteiger partial charge on any atom is -0.467 e. The van der Waals surface area contributed by atoms with Crippen LogP contribution in [0.4, 0.5) is 0 Å². The summed E-state index contributed by atoms with van der Waals surface area (Å²) in [5.41, 5.74) is 1.96. The van der Waals surface area contributed by atoms with Gasteiger partial charge in [0.05, 0.1) is 24.6 Å². The number of hydrogen-bond donors (Lipinski definition) is 1. The van der Waals surface area contributed by atoms with Gasteiger partial charge in [-0.3, -0.25) is 4.79 Å². The van der Waals surface area contributed by atoms with E-state index < -0.39 is 0 Å². The van der Waals surface area contributed by atoms with Crippen LogP contribution in [-0.2, 0) is 11.3 Å². The van der Waals surface area contributed by atoms with Crippen molar-refractivity contribution < 1.29 is 9.21 Å². The average molecular weight is 439 g/mol. The molecule has 1 N–H and O–H groups in total. The first kappa shape index (κ1) is 20.3. The molecule has 8 heteroatoms. The summed E-state index contributed by atoms with van der Waals surface area (Å²) in [6, 6.07) is 20.8. The van der Waals surface area contributed by atoms with Gasteiger partial charge in [0.1, 0.15) is 12.1 Å². The predicted octanol–water partition coefficient (Wildman–Crippen LogP) is 4.57. The molecular formula is C22H19ClN4O2S. The van der Waals surface area contributed by atoms with Crippen molar-refractivity contribution in [1.82, 2.24) is 20.1 Å². The average Bonchev–Trinajstić information content (AvgIpc) is 3.44. The Balaban J connectivity index is 1.44. The van der Waals surface area contributed by atoms with E-state index in [0.29, 0.717) is 16.7 Å². The standard InChI is InChI=1S/C22H19ClN4O2S/c23-18-10-8-17(9-11-18)21(16-5-2-1-3-6-16)25-20(28)14-30-22-26-24-15-27(22)13-19-7-4-12-29-19/h1-12,15,21H,13-14H2,(H,25,28). The first-order valence-corrected chi connectivity index (χ1v) is 10.7. The quantitative estimate of drug-likeness (QED) is 0.408. The first-order chi connectivity index (χ1) is 14.7. The molecule has 1 atom stereocenters. The minimum absolute atomic E-state index is 0.101. The number of nitrogens with zero attached hydrogens (tertiary/aromatic N) is 3. The molecule has 0 aliphatic carbocycles. The summed E-state index contributed by atoms with van der Waals surface area (Å²) in [5, 5.41) is 12.5. The number of amides is 1. The van der Waals surface area contributed by atoms with Crippen LogP contribution < -0.4 is 5.32 Å². The van der Waals surface area contributed by atoms with Crippen LogP contribution in [0.3, 0.4) is 0 Å². The highest BCUT2D eigenvalue weighted by molar-refractivity contribution is 7.99. The SMILES string of the molecule is O=C(CSc1nncn1Cc1ccco1)NC(c1ccccc1)c1ccc(Cl)cc1. The smallest absolute Gasteiger partial charge is 0.231 e. The summed E-state index contributed by atoms with van der Waals surface area (Å²) in [5.74, 6) is 0.914. The predicted molar refractivity (Wildman–Crippen MR) is 116 cm³/mol. The van der Waals surface area contributed by atoms with Gasteiger partial charge in [0, 0.05) is 5.02 Å². The number of aromatic nitrogens is 3. The molecule has 1 unspecified atom stereocenters. The zero-order valence-corrected chi connectivity index (χ0v) is 17.5. The Bertz CT molecular complexity index is 1080. The number of hydrogen-bond acceptors (Lipinski definition) is 5. The highest BCUT2D eigenvalue weighted by atomic mass is 35.5. The van der Waals surface area contributed by atoms with Gasteiger partial charge in [-0.1, -0.05) is 65.8 Å². The highest BCUT2D eigenvalue weighted by Gasteiger charge is 2.18. The third-order valence-electron chi connectivity index (χ3n) is 4.46. The first-order valence-electron chi connectivity index (χ1n) is 9.32. The third kappa shape index (κ3) is 5.11. The molecule has 2 aromatic carbocycles. The lowest BCUT2D eigenvalue weighted by Crippen LogP contribution is -2.30. The Kier molecular flexibility index (Phi) is 6.51. The zero-order valence-electron chi connectivity index (χ0n) is 15.9. The Morgan fingerprint density at radius 1 is 1.07 bits per heavy atom. The Labute approximate surface area is 183 Å². The molecule has 0 aliphatic heterocycles. The van der Waals surface area contributed by atoms with E-state index in [1.807, 2.05) is 71.3 Å². The molecule has 0 saturated carbocycles. The van der Waals surface area contributed by atoms with Gasteiger partial charge in [0.2, 0.25) is 5.91 Å². The molecule has 0 saturated heterocycles. The molecule has 4 rings (SSSR count). The van der Waals surface area contributed by atoms with Gasteiger partial charge in [-0.25, -0.2) is 0 Å². The van der Waals surface area contributed by atoms with Crippen LogP contribution in [0, 0.1) is 0 Å². The molecule has 6 nitrogen and oxygen atoms in total. The van der Waals surface area contributed by atoms with Crippen LogP contribution in [0.5, 0.6) is 0 Å². The van der Waals surface area contributed by atoms with Crippen molar-refractivity contribution >= 4 is 29.3 Å². The van der Waals surface area contributed by atoms with Gasteiger partial charge in [-0.15, -0.1) is 10.2 Å². The molecule has 0 spiro atoms. The second kappa shape index (κ2) is 9.65. The molecule has 1 amide bonds. The molecular weight excluding hydrogens is 420 g/mol. The van der Waals surface area contributed by atoms with Crippen LogP contribution in [-0.4, -0.2) is 26.4 Å². The summed E-state index contributed by atoms with van der Waals surface area (Å²) in [6.07, 6.45) is 3.25. The molecule has 0 radical (unpaired) electrons. The number of halogens is 1. The third-order valence-corrected chi connectivity index (χ3v) is 5.69. The summed E-state index contributed by atoms with van der Waals surface area (Å²) >= 11 is 7.36. The minimum atomic E-state index is -0.266. The summed E-state index contributed by atoms with van der Waals surface area (Å²) < 4.78 is 7.22. The van der Waals surface area contributed by atoms with Crippen molar-refractivity contribution in [3.05, 3.63) is 101 Å². The number of carbonyl (C=O) groups excluding carboxylic acids is 1. The maximum atomic E-state index is 12.8. The van der Waals surface area contributed by atoms with Crippen molar-refractivity contribution in [1.29, 1.82) is 0 Å². The summed E-state index contributed by atoms with van der Waals surface area (Å²) in [7, 11) is 0.